The first-order valence-corrected chi connectivity index (χ1v) is 10.0. The molecule has 0 aromatic heterocycles. The van der Waals surface area contributed by atoms with Crippen molar-refractivity contribution in [3.8, 4) is 0 Å². The van der Waals surface area contributed by atoms with E-state index in [0.717, 1.165) is 17.7 Å². The molecule has 0 fully saturated rings. The third kappa shape index (κ3) is 5.39. The molecular weight excluding hydrogens is 398 g/mol. The highest BCUT2D eigenvalue weighted by Crippen LogP contribution is 2.24. The van der Waals surface area contributed by atoms with Gasteiger partial charge in [-0.15, -0.1) is 0 Å². The van der Waals surface area contributed by atoms with Crippen molar-refractivity contribution < 1.29 is 9.59 Å². The zero-order chi connectivity index (χ0) is 21.5. The van der Waals surface area contributed by atoms with Crippen LogP contribution in [0.25, 0.3) is 0 Å². The van der Waals surface area contributed by atoms with Crippen LogP contribution in [-0.2, 0) is 6.42 Å². The molecule has 0 atom stereocenters. The van der Waals surface area contributed by atoms with Gasteiger partial charge in [-0.1, -0.05) is 54.1 Å². The number of nitrogens with zero attached hydrogens (tertiary/aromatic N) is 1. The zero-order valence-corrected chi connectivity index (χ0v) is 17.7. The van der Waals surface area contributed by atoms with E-state index >= 15 is 0 Å². The number of carbonyl (C=O) groups is 2. The van der Waals surface area contributed by atoms with Gasteiger partial charge in [-0.3, -0.25) is 9.59 Å². The smallest absolute Gasteiger partial charge is 0.257 e. The fraction of sp³-hybridized carbons (Fsp3) is 0.167. The number of amides is 2. The summed E-state index contributed by atoms with van der Waals surface area (Å²) in [6, 6.07) is 22.1. The van der Waals surface area contributed by atoms with Gasteiger partial charge in [0.2, 0.25) is 0 Å². The van der Waals surface area contributed by atoms with Crippen molar-refractivity contribution in [2.24, 2.45) is 0 Å². The Balaban J connectivity index is 1.74. The number of hydrogen-bond donors (Lipinski definition) is 2. The van der Waals surface area contributed by atoms with Gasteiger partial charge in [0, 0.05) is 32.0 Å². The number of rotatable bonds is 7. The molecule has 3 aromatic rings. The molecule has 0 spiro atoms. The molecule has 30 heavy (non-hydrogen) atoms. The summed E-state index contributed by atoms with van der Waals surface area (Å²) in [5.74, 6) is -0.517. The van der Waals surface area contributed by atoms with Crippen LogP contribution in [0, 0.1) is 0 Å². The molecule has 0 radical (unpaired) electrons. The van der Waals surface area contributed by atoms with Crippen LogP contribution in [-0.4, -0.2) is 32.5 Å². The summed E-state index contributed by atoms with van der Waals surface area (Å²) in [7, 11) is 3.75. The van der Waals surface area contributed by atoms with E-state index in [1.54, 1.807) is 36.4 Å². The molecule has 3 aromatic carbocycles. The first-order valence-electron chi connectivity index (χ1n) is 9.65. The van der Waals surface area contributed by atoms with Gasteiger partial charge in [-0.05, 0) is 42.3 Å². The summed E-state index contributed by atoms with van der Waals surface area (Å²) in [6.07, 6.45) is 0.743. The average molecular weight is 422 g/mol. The van der Waals surface area contributed by atoms with Crippen molar-refractivity contribution in [1.82, 2.24) is 5.32 Å². The molecular formula is C24H24ClN3O2. The SMILES string of the molecule is CN(C)c1ccc(NC(=O)c2ccccc2Cl)cc1C(=O)NCCc1ccccc1. The van der Waals surface area contributed by atoms with Gasteiger partial charge in [-0.2, -0.15) is 0 Å². The summed E-state index contributed by atoms with van der Waals surface area (Å²) in [4.78, 5) is 27.3. The number of anilines is 2. The Morgan fingerprint density at radius 3 is 2.27 bits per heavy atom. The van der Waals surface area contributed by atoms with Crippen LogP contribution < -0.4 is 15.5 Å². The van der Waals surface area contributed by atoms with E-state index in [2.05, 4.69) is 10.6 Å². The summed E-state index contributed by atoms with van der Waals surface area (Å²) >= 11 is 6.11. The van der Waals surface area contributed by atoms with Crippen LogP contribution in [0.2, 0.25) is 5.02 Å². The molecule has 0 saturated heterocycles. The molecule has 3 rings (SSSR count). The molecule has 0 aliphatic rings. The molecule has 2 N–H and O–H groups in total. The number of carbonyl (C=O) groups excluding carboxylic acids is 2. The topological polar surface area (TPSA) is 61.4 Å². The average Bonchev–Trinajstić information content (AvgIpc) is 2.74. The number of hydrogen-bond acceptors (Lipinski definition) is 3. The number of benzene rings is 3. The molecule has 0 aliphatic carbocycles. The fourth-order valence-corrected chi connectivity index (χ4v) is 3.31. The van der Waals surface area contributed by atoms with Gasteiger partial charge in [0.1, 0.15) is 0 Å². The lowest BCUT2D eigenvalue weighted by molar-refractivity contribution is 0.0953. The Bertz CT molecular complexity index is 1040. The summed E-state index contributed by atoms with van der Waals surface area (Å²) in [5, 5.41) is 6.16. The molecule has 0 saturated carbocycles. The van der Waals surface area contributed by atoms with E-state index < -0.39 is 0 Å². The molecule has 5 nitrogen and oxygen atoms in total. The first-order chi connectivity index (χ1) is 14.5. The molecule has 0 unspecified atom stereocenters. The second-order valence-electron chi connectivity index (χ2n) is 7.05. The minimum Gasteiger partial charge on any atom is -0.377 e. The summed E-state index contributed by atoms with van der Waals surface area (Å²) < 4.78 is 0. The normalized spacial score (nSPS) is 10.4. The molecule has 2 amide bonds. The minimum absolute atomic E-state index is 0.191. The fourth-order valence-electron chi connectivity index (χ4n) is 3.09. The highest BCUT2D eigenvalue weighted by atomic mass is 35.5. The van der Waals surface area contributed by atoms with Crippen molar-refractivity contribution in [1.29, 1.82) is 0 Å². The molecule has 0 aliphatic heterocycles. The minimum atomic E-state index is -0.325. The van der Waals surface area contributed by atoms with Crippen LogP contribution in [0.4, 0.5) is 11.4 Å². The van der Waals surface area contributed by atoms with E-state index in [-0.39, 0.29) is 11.8 Å². The standard InChI is InChI=1S/C24H24ClN3O2/c1-28(2)22-13-12-18(27-24(30)19-10-6-7-11-21(19)25)16-20(22)23(29)26-15-14-17-8-4-3-5-9-17/h3-13,16H,14-15H2,1-2H3,(H,26,29)(H,27,30). The maximum atomic E-state index is 12.9. The van der Waals surface area contributed by atoms with Gasteiger partial charge >= 0.3 is 0 Å². The van der Waals surface area contributed by atoms with Crippen molar-refractivity contribution in [3.63, 3.8) is 0 Å². The molecule has 0 heterocycles. The molecule has 0 bridgehead atoms. The summed E-state index contributed by atoms with van der Waals surface area (Å²) in [5.41, 5.74) is 3.32. The van der Waals surface area contributed by atoms with Gasteiger partial charge < -0.3 is 15.5 Å². The van der Waals surface area contributed by atoms with E-state index in [9.17, 15) is 9.59 Å². The van der Waals surface area contributed by atoms with Crippen LogP contribution >= 0.6 is 11.6 Å². The van der Waals surface area contributed by atoms with Crippen molar-refractivity contribution in [2.45, 2.75) is 6.42 Å². The van der Waals surface area contributed by atoms with Crippen LogP contribution in [0.3, 0.4) is 0 Å². The van der Waals surface area contributed by atoms with Crippen LogP contribution in [0.1, 0.15) is 26.3 Å². The summed E-state index contributed by atoms with van der Waals surface area (Å²) in [6.45, 7) is 0.520. The van der Waals surface area contributed by atoms with Crippen LogP contribution in [0.15, 0.2) is 72.8 Å². The van der Waals surface area contributed by atoms with E-state index in [1.165, 1.54) is 0 Å². The molecule has 6 heteroatoms. The number of nitrogens with one attached hydrogen (secondary N) is 2. The third-order valence-corrected chi connectivity index (χ3v) is 4.97. The maximum absolute atomic E-state index is 12.9. The van der Waals surface area contributed by atoms with Gasteiger partial charge in [0.05, 0.1) is 16.1 Å². The number of halogens is 1. The zero-order valence-electron chi connectivity index (χ0n) is 17.0. The highest BCUT2D eigenvalue weighted by Gasteiger charge is 2.16. The second kappa shape index (κ2) is 9.94. The predicted molar refractivity (Wildman–Crippen MR) is 123 cm³/mol. The van der Waals surface area contributed by atoms with Crippen molar-refractivity contribution in [3.05, 3.63) is 94.5 Å². The Labute approximate surface area is 181 Å². The van der Waals surface area contributed by atoms with E-state index in [0.29, 0.717) is 28.4 Å². The van der Waals surface area contributed by atoms with E-state index in [4.69, 9.17) is 11.6 Å². The monoisotopic (exact) mass is 421 g/mol. The predicted octanol–water partition coefficient (Wildman–Crippen LogP) is 4.63. The maximum Gasteiger partial charge on any atom is 0.257 e. The Hall–Kier alpha value is -3.31. The lowest BCUT2D eigenvalue weighted by Gasteiger charge is -2.18. The largest absolute Gasteiger partial charge is 0.377 e. The van der Waals surface area contributed by atoms with E-state index in [1.807, 2.05) is 55.4 Å². The Kier molecular flexibility index (Phi) is 7.09. The van der Waals surface area contributed by atoms with Gasteiger partial charge in [-0.25, -0.2) is 0 Å². The Morgan fingerprint density at radius 2 is 1.57 bits per heavy atom. The van der Waals surface area contributed by atoms with Crippen molar-refractivity contribution >= 4 is 34.8 Å². The highest BCUT2D eigenvalue weighted by molar-refractivity contribution is 6.34. The quantitative estimate of drug-likeness (QED) is 0.584. The van der Waals surface area contributed by atoms with Gasteiger partial charge in [0.15, 0.2) is 0 Å². The van der Waals surface area contributed by atoms with Crippen molar-refractivity contribution in [2.75, 3.05) is 30.9 Å². The van der Waals surface area contributed by atoms with Gasteiger partial charge in [0.25, 0.3) is 11.8 Å². The first kappa shape index (κ1) is 21.4. The van der Waals surface area contributed by atoms with Crippen LogP contribution in [0.5, 0.6) is 0 Å². The third-order valence-electron chi connectivity index (χ3n) is 4.64. The lowest BCUT2D eigenvalue weighted by Crippen LogP contribution is -2.28. The Morgan fingerprint density at radius 1 is 0.867 bits per heavy atom. The second-order valence-corrected chi connectivity index (χ2v) is 7.46. The molecule has 154 valence electrons. The lowest BCUT2D eigenvalue weighted by atomic mass is 10.1.